The molecule has 0 unspecified atom stereocenters. The van der Waals surface area contributed by atoms with Gasteiger partial charge in [0, 0.05) is 19.6 Å². The number of ether oxygens (including phenoxy) is 1. The smallest absolute Gasteiger partial charge is 0.261 e. The fraction of sp³-hybridized carbons (Fsp3) is 0.421. The third-order valence-electron chi connectivity index (χ3n) is 4.16. The lowest BCUT2D eigenvalue weighted by molar-refractivity contribution is -0.118. The topological polar surface area (TPSA) is 118 Å². The Balaban J connectivity index is 1.60. The fourth-order valence-corrected chi connectivity index (χ4v) is 3.58. The van der Waals surface area contributed by atoms with E-state index in [-0.39, 0.29) is 11.7 Å². The lowest BCUT2D eigenvalue weighted by Crippen LogP contribution is -2.27. The van der Waals surface area contributed by atoms with Gasteiger partial charge >= 0.3 is 0 Å². The van der Waals surface area contributed by atoms with Crippen molar-refractivity contribution in [1.82, 2.24) is 29.9 Å². The predicted octanol–water partition coefficient (Wildman–Crippen LogP) is 1.84. The Morgan fingerprint density at radius 2 is 1.93 bits per heavy atom. The molecule has 2 aromatic heterocycles. The number of methoxy groups -OCH3 is 1. The van der Waals surface area contributed by atoms with E-state index in [1.54, 1.807) is 11.5 Å². The average Bonchev–Trinajstić information content (AvgIpc) is 3.16. The molecule has 0 aliphatic rings. The second-order valence-corrected chi connectivity index (χ2v) is 7.19. The van der Waals surface area contributed by atoms with Gasteiger partial charge in [-0.3, -0.25) is 4.79 Å². The van der Waals surface area contributed by atoms with Crippen LogP contribution in [-0.2, 0) is 11.2 Å². The first-order valence-electron chi connectivity index (χ1n) is 9.78. The molecule has 0 saturated carbocycles. The first-order valence-corrected chi connectivity index (χ1v) is 10.8. The molecule has 3 aromatic rings. The lowest BCUT2D eigenvalue weighted by atomic mass is 10.1. The number of para-hydroxylation sites is 1. The summed E-state index contributed by atoms with van der Waals surface area (Å²) in [5.74, 6) is 2.45. The maximum Gasteiger partial charge on any atom is 0.261 e. The predicted molar refractivity (Wildman–Crippen MR) is 117 cm³/mol. The van der Waals surface area contributed by atoms with Gasteiger partial charge in [0.15, 0.2) is 5.16 Å². The van der Waals surface area contributed by atoms with Gasteiger partial charge in [-0.2, -0.15) is 9.97 Å². The first kappa shape index (κ1) is 21.6. The highest BCUT2D eigenvalue weighted by molar-refractivity contribution is 7.99. The maximum absolute atomic E-state index is 12.3. The van der Waals surface area contributed by atoms with E-state index in [9.17, 15) is 4.79 Å². The highest BCUT2D eigenvalue weighted by Gasteiger charge is 2.15. The number of anilines is 2. The van der Waals surface area contributed by atoms with E-state index in [0.717, 1.165) is 11.3 Å². The molecular formula is C19H26N8O2S. The number of rotatable bonds is 11. The summed E-state index contributed by atoms with van der Waals surface area (Å²) in [4.78, 5) is 21.1. The van der Waals surface area contributed by atoms with Crippen LogP contribution in [0.5, 0.6) is 5.75 Å². The van der Waals surface area contributed by atoms with E-state index in [1.165, 1.54) is 11.8 Å². The molecular weight excluding hydrogens is 404 g/mol. The summed E-state index contributed by atoms with van der Waals surface area (Å²) in [6, 6.07) is 7.78. The first-order chi connectivity index (χ1) is 14.7. The standard InChI is InChI=1S/C19H26N8O2S/c1-4-20-16-23-17(21-5-2)27-18(24-16)25-26-19(27)30-12-15(28)22-11-10-13-8-6-7-9-14(13)29-3/h6-9H,4-5,10-12H2,1-3H3,(H,22,28)(H2,20,21,23,24,25). The third kappa shape index (κ3) is 5.29. The molecule has 10 nitrogen and oxygen atoms in total. The molecule has 0 radical (unpaired) electrons. The number of benzene rings is 1. The zero-order chi connectivity index (χ0) is 21.3. The van der Waals surface area contributed by atoms with Crippen molar-refractivity contribution in [3.05, 3.63) is 29.8 Å². The average molecular weight is 431 g/mol. The molecule has 1 aromatic carbocycles. The Labute approximate surface area is 179 Å². The number of nitrogens with one attached hydrogen (secondary N) is 3. The van der Waals surface area contributed by atoms with Gasteiger partial charge in [-0.1, -0.05) is 30.0 Å². The van der Waals surface area contributed by atoms with E-state index in [2.05, 4.69) is 36.1 Å². The van der Waals surface area contributed by atoms with E-state index >= 15 is 0 Å². The van der Waals surface area contributed by atoms with Crippen molar-refractivity contribution in [1.29, 1.82) is 0 Å². The van der Waals surface area contributed by atoms with Gasteiger partial charge in [0.1, 0.15) is 5.75 Å². The van der Waals surface area contributed by atoms with Crippen molar-refractivity contribution in [2.24, 2.45) is 0 Å². The number of carbonyl (C=O) groups is 1. The van der Waals surface area contributed by atoms with E-state index in [1.807, 2.05) is 38.1 Å². The minimum absolute atomic E-state index is 0.0816. The number of amides is 1. The van der Waals surface area contributed by atoms with E-state index in [0.29, 0.717) is 48.9 Å². The highest BCUT2D eigenvalue weighted by Crippen LogP contribution is 2.21. The van der Waals surface area contributed by atoms with Crippen LogP contribution in [-0.4, -0.2) is 63.0 Å². The number of hydrogen-bond donors (Lipinski definition) is 3. The summed E-state index contributed by atoms with van der Waals surface area (Å²) in [6.45, 7) is 5.86. The minimum atomic E-state index is -0.0816. The highest BCUT2D eigenvalue weighted by atomic mass is 32.2. The van der Waals surface area contributed by atoms with Crippen molar-refractivity contribution in [3.8, 4) is 5.75 Å². The van der Waals surface area contributed by atoms with Crippen LogP contribution in [0.2, 0.25) is 0 Å². The van der Waals surface area contributed by atoms with Crippen LogP contribution >= 0.6 is 11.8 Å². The van der Waals surface area contributed by atoms with Gasteiger partial charge in [0.2, 0.25) is 17.8 Å². The van der Waals surface area contributed by atoms with Crippen LogP contribution < -0.4 is 20.7 Å². The van der Waals surface area contributed by atoms with Crippen LogP contribution in [0, 0.1) is 0 Å². The van der Waals surface area contributed by atoms with Gasteiger partial charge in [-0.05, 0) is 31.9 Å². The van der Waals surface area contributed by atoms with Gasteiger partial charge in [-0.25, -0.2) is 4.40 Å². The summed E-state index contributed by atoms with van der Waals surface area (Å²) in [5, 5.41) is 18.1. The van der Waals surface area contributed by atoms with Crippen molar-refractivity contribution in [2.45, 2.75) is 25.4 Å². The van der Waals surface area contributed by atoms with Crippen molar-refractivity contribution < 1.29 is 9.53 Å². The number of fused-ring (bicyclic) bond motifs is 1. The molecule has 0 aliphatic carbocycles. The number of thioether (sulfide) groups is 1. The molecule has 0 spiro atoms. The number of aromatic nitrogens is 5. The normalized spacial score (nSPS) is 10.8. The number of nitrogens with zero attached hydrogens (tertiary/aromatic N) is 5. The molecule has 1 amide bonds. The molecule has 0 aliphatic heterocycles. The van der Waals surface area contributed by atoms with Gasteiger partial charge in [-0.15, -0.1) is 10.2 Å². The van der Waals surface area contributed by atoms with Crippen LogP contribution in [0.25, 0.3) is 5.78 Å². The Hall–Kier alpha value is -3.08. The molecule has 0 atom stereocenters. The number of hydrogen-bond acceptors (Lipinski definition) is 9. The Bertz CT molecular complexity index is 994. The molecule has 11 heteroatoms. The minimum Gasteiger partial charge on any atom is -0.496 e. The number of carbonyl (C=O) groups excluding carboxylic acids is 1. The van der Waals surface area contributed by atoms with Crippen LogP contribution in [0.3, 0.4) is 0 Å². The molecule has 0 saturated heterocycles. The van der Waals surface area contributed by atoms with Crippen molar-refractivity contribution >= 4 is 35.3 Å². The molecule has 3 N–H and O–H groups in total. The molecule has 160 valence electrons. The maximum atomic E-state index is 12.3. The van der Waals surface area contributed by atoms with Crippen LogP contribution in [0.4, 0.5) is 11.9 Å². The largest absolute Gasteiger partial charge is 0.496 e. The zero-order valence-corrected chi connectivity index (χ0v) is 18.1. The molecule has 2 heterocycles. The Morgan fingerprint density at radius 1 is 1.13 bits per heavy atom. The third-order valence-corrected chi connectivity index (χ3v) is 5.09. The van der Waals surface area contributed by atoms with Crippen molar-refractivity contribution in [2.75, 3.05) is 43.1 Å². The van der Waals surface area contributed by atoms with Crippen LogP contribution in [0.1, 0.15) is 19.4 Å². The monoisotopic (exact) mass is 430 g/mol. The van der Waals surface area contributed by atoms with Crippen LogP contribution in [0.15, 0.2) is 29.4 Å². The quantitative estimate of drug-likeness (QED) is 0.392. The Morgan fingerprint density at radius 3 is 2.70 bits per heavy atom. The van der Waals surface area contributed by atoms with E-state index in [4.69, 9.17) is 4.74 Å². The van der Waals surface area contributed by atoms with E-state index < -0.39 is 0 Å². The SMILES string of the molecule is CCNc1nc(NCC)n2c(SCC(=O)NCCc3ccccc3OC)nnc2n1. The summed E-state index contributed by atoms with van der Waals surface area (Å²) in [7, 11) is 1.64. The summed E-state index contributed by atoms with van der Waals surface area (Å²) in [5.41, 5.74) is 1.06. The zero-order valence-electron chi connectivity index (χ0n) is 17.3. The molecule has 0 fully saturated rings. The summed E-state index contributed by atoms with van der Waals surface area (Å²) < 4.78 is 7.06. The molecule has 3 rings (SSSR count). The Kier molecular flexibility index (Phi) is 7.66. The summed E-state index contributed by atoms with van der Waals surface area (Å²) in [6.07, 6.45) is 0.694. The van der Waals surface area contributed by atoms with Gasteiger partial charge < -0.3 is 20.7 Å². The van der Waals surface area contributed by atoms with Crippen molar-refractivity contribution in [3.63, 3.8) is 0 Å². The summed E-state index contributed by atoms with van der Waals surface area (Å²) >= 11 is 1.29. The lowest BCUT2D eigenvalue weighted by Gasteiger charge is -2.10. The van der Waals surface area contributed by atoms with Gasteiger partial charge in [0.05, 0.1) is 12.9 Å². The molecule has 30 heavy (non-hydrogen) atoms. The fourth-order valence-electron chi connectivity index (χ4n) is 2.82. The molecule has 0 bridgehead atoms. The second kappa shape index (κ2) is 10.6. The van der Waals surface area contributed by atoms with Gasteiger partial charge in [0.25, 0.3) is 5.78 Å². The second-order valence-electron chi connectivity index (χ2n) is 6.25.